The molecule has 1 aliphatic rings. The van der Waals surface area contributed by atoms with Crippen molar-refractivity contribution in [3.8, 4) is 0 Å². The summed E-state index contributed by atoms with van der Waals surface area (Å²) >= 11 is 1.35. The summed E-state index contributed by atoms with van der Waals surface area (Å²) in [7, 11) is 0. The second-order valence-electron chi connectivity index (χ2n) is 5.75. The number of benzene rings is 1. The Hall–Kier alpha value is -1.86. The van der Waals surface area contributed by atoms with Crippen molar-refractivity contribution in [2.75, 3.05) is 18.4 Å². The van der Waals surface area contributed by atoms with E-state index in [1.807, 2.05) is 6.92 Å². The number of hydrogen-bond acceptors (Lipinski definition) is 4. The van der Waals surface area contributed by atoms with Crippen LogP contribution in [-0.4, -0.2) is 24.0 Å². The number of rotatable bonds is 5. The van der Waals surface area contributed by atoms with Gasteiger partial charge in [-0.2, -0.15) is 0 Å². The van der Waals surface area contributed by atoms with E-state index < -0.39 is 11.6 Å². The van der Waals surface area contributed by atoms with E-state index in [1.54, 1.807) is 12.3 Å². The topological polar surface area (TPSA) is 54.0 Å². The second-order valence-corrected chi connectivity index (χ2v) is 6.87. The Bertz CT molecular complexity index is 715. The van der Waals surface area contributed by atoms with Crippen LogP contribution in [0.5, 0.6) is 0 Å². The Morgan fingerprint density at radius 3 is 2.87 bits per heavy atom. The number of carbonyl (C=O) groups excluding carboxylic acids is 1. The number of amides is 1. The highest BCUT2D eigenvalue weighted by Crippen LogP contribution is 2.24. The zero-order valence-corrected chi connectivity index (χ0v) is 13.4. The Morgan fingerprint density at radius 1 is 1.43 bits per heavy atom. The standard InChI is InChI=1S/C16H17F2N3OS/c1-9(11-6-19-7-11)15(22)21-16-20-8-12(23-16)4-10-2-3-13(17)14(18)5-10/h2-3,5,8-9,11,19H,4,6-7H2,1H3,(H,20,21,22). The Labute approximate surface area is 136 Å². The molecule has 4 nitrogen and oxygen atoms in total. The maximum Gasteiger partial charge on any atom is 0.229 e. The summed E-state index contributed by atoms with van der Waals surface area (Å²) in [6, 6.07) is 3.84. The number of nitrogens with zero attached hydrogens (tertiary/aromatic N) is 1. The first-order valence-corrected chi connectivity index (χ1v) is 8.25. The highest BCUT2D eigenvalue weighted by molar-refractivity contribution is 7.15. The van der Waals surface area contributed by atoms with E-state index in [9.17, 15) is 13.6 Å². The van der Waals surface area contributed by atoms with Crippen molar-refractivity contribution >= 4 is 22.4 Å². The number of carbonyl (C=O) groups is 1. The summed E-state index contributed by atoms with van der Waals surface area (Å²) in [5.74, 6) is -1.44. The molecule has 7 heteroatoms. The van der Waals surface area contributed by atoms with Crippen LogP contribution < -0.4 is 10.6 Å². The van der Waals surface area contributed by atoms with Crippen LogP contribution in [0.25, 0.3) is 0 Å². The minimum absolute atomic E-state index is 0.0368. The molecule has 23 heavy (non-hydrogen) atoms. The summed E-state index contributed by atoms with van der Waals surface area (Å²) < 4.78 is 26.1. The monoisotopic (exact) mass is 337 g/mol. The van der Waals surface area contributed by atoms with E-state index in [2.05, 4.69) is 15.6 Å². The third-order valence-corrected chi connectivity index (χ3v) is 4.99. The van der Waals surface area contributed by atoms with Gasteiger partial charge in [-0.05, 0) is 36.7 Å². The van der Waals surface area contributed by atoms with Gasteiger partial charge in [0.1, 0.15) is 0 Å². The van der Waals surface area contributed by atoms with Gasteiger partial charge in [-0.15, -0.1) is 11.3 Å². The van der Waals surface area contributed by atoms with Crippen molar-refractivity contribution in [3.05, 3.63) is 46.5 Å². The minimum atomic E-state index is -0.858. The van der Waals surface area contributed by atoms with Crippen LogP contribution in [0.4, 0.5) is 13.9 Å². The molecular formula is C16H17F2N3OS. The zero-order valence-electron chi connectivity index (χ0n) is 12.6. The molecule has 2 N–H and O–H groups in total. The summed E-state index contributed by atoms with van der Waals surface area (Å²) in [5.41, 5.74) is 0.666. The number of nitrogens with one attached hydrogen (secondary N) is 2. The minimum Gasteiger partial charge on any atom is -0.316 e. The molecule has 122 valence electrons. The molecule has 0 aliphatic carbocycles. The van der Waals surface area contributed by atoms with Gasteiger partial charge in [-0.25, -0.2) is 13.8 Å². The number of aromatic nitrogens is 1. The number of halogens is 2. The van der Waals surface area contributed by atoms with Crippen LogP contribution in [0.2, 0.25) is 0 Å². The lowest BCUT2D eigenvalue weighted by atomic mass is 9.88. The van der Waals surface area contributed by atoms with E-state index >= 15 is 0 Å². The fraction of sp³-hybridized carbons (Fsp3) is 0.375. The smallest absolute Gasteiger partial charge is 0.229 e. The van der Waals surface area contributed by atoms with Gasteiger partial charge >= 0.3 is 0 Å². The van der Waals surface area contributed by atoms with Crippen LogP contribution >= 0.6 is 11.3 Å². The van der Waals surface area contributed by atoms with Gasteiger partial charge in [0.05, 0.1) is 0 Å². The first-order valence-electron chi connectivity index (χ1n) is 7.43. The summed E-state index contributed by atoms with van der Waals surface area (Å²) in [4.78, 5) is 17.2. The Kier molecular flexibility index (Phi) is 4.68. The third-order valence-electron chi connectivity index (χ3n) is 4.08. The molecular weight excluding hydrogens is 320 g/mol. The Morgan fingerprint density at radius 2 is 2.22 bits per heavy atom. The zero-order chi connectivity index (χ0) is 16.4. The van der Waals surface area contributed by atoms with Crippen molar-refractivity contribution in [3.63, 3.8) is 0 Å². The SMILES string of the molecule is CC(C(=O)Nc1ncc(Cc2ccc(F)c(F)c2)s1)C1CNC1. The van der Waals surface area contributed by atoms with Gasteiger partial charge in [0.25, 0.3) is 0 Å². The molecule has 2 aromatic rings. The fourth-order valence-corrected chi connectivity index (χ4v) is 3.25. The van der Waals surface area contributed by atoms with E-state index in [4.69, 9.17) is 0 Å². The molecule has 1 aromatic heterocycles. The van der Waals surface area contributed by atoms with Crippen molar-refractivity contribution in [1.29, 1.82) is 0 Å². The van der Waals surface area contributed by atoms with E-state index in [0.29, 0.717) is 23.0 Å². The maximum absolute atomic E-state index is 13.2. The largest absolute Gasteiger partial charge is 0.316 e. The van der Waals surface area contributed by atoms with E-state index in [0.717, 1.165) is 24.0 Å². The normalized spacial score (nSPS) is 16.0. The van der Waals surface area contributed by atoms with Crippen molar-refractivity contribution in [1.82, 2.24) is 10.3 Å². The Balaban J connectivity index is 1.61. The van der Waals surface area contributed by atoms with Crippen molar-refractivity contribution in [2.45, 2.75) is 13.3 Å². The molecule has 1 unspecified atom stereocenters. The third kappa shape index (κ3) is 3.73. The van der Waals surface area contributed by atoms with Gasteiger partial charge < -0.3 is 10.6 Å². The summed E-state index contributed by atoms with van der Waals surface area (Å²) in [5, 5.41) is 6.51. The molecule has 0 bridgehead atoms. The summed E-state index contributed by atoms with van der Waals surface area (Å²) in [6.07, 6.45) is 2.10. The van der Waals surface area contributed by atoms with Gasteiger partial charge in [0.15, 0.2) is 16.8 Å². The summed E-state index contributed by atoms with van der Waals surface area (Å²) in [6.45, 7) is 3.65. The van der Waals surface area contributed by atoms with Gasteiger partial charge in [0.2, 0.25) is 5.91 Å². The molecule has 0 saturated carbocycles. The average molecular weight is 337 g/mol. The first-order chi connectivity index (χ1) is 11.0. The molecule has 1 aliphatic heterocycles. The lowest BCUT2D eigenvalue weighted by Gasteiger charge is -2.31. The molecule has 2 heterocycles. The van der Waals surface area contributed by atoms with Gasteiger partial charge in [-0.1, -0.05) is 13.0 Å². The van der Waals surface area contributed by atoms with Crippen LogP contribution in [0.15, 0.2) is 24.4 Å². The van der Waals surface area contributed by atoms with Crippen LogP contribution in [-0.2, 0) is 11.2 Å². The molecule has 1 fully saturated rings. The van der Waals surface area contributed by atoms with Gasteiger partial charge in [0, 0.05) is 23.4 Å². The molecule has 1 atom stereocenters. The van der Waals surface area contributed by atoms with Crippen LogP contribution in [0.1, 0.15) is 17.4 Å². The van der Waals surface area contributed by atoms with Crippen molar-refractivity contribution < 1.29 is 13.6 Å². The van der Waals surface area contributed by atoms with Crippen LogP contribution in [0, 0.1) is 23.5 Å². The predicted octanol–water partition coefficient (Wildman–Crippen LogP) is 2.81. The average Bonchev–Trinajstić information content (AvgIpc) is 2.88. The molecule has 1 saturated heterocycles. The number of hydrogen-bond donors (Lipinski definition) is 2. The van der Waals surface area contributed by atoms with Crippen molar-refractivity contribution in [2.24, 2.45) is 11.8 Å². The number of anilines is 1. The van der Waals surface area contributed by atoms with Gasteiger partial charge in [-0.3, -0.25) is 4.79 Å². The van der Waals surface area contributed by atoms with Crippen LogP contribution in [0.3, 0.4) is 0 Å². The first kappa shape index (κ1) is 16.0. The predicted molar refractivity (Wildman–Crippen MR) is 85.4 cm³/mol. The quantitative estimate of drug-likeness (QED) is 0.882. The number of thiazole rings is 1. The molecule has 0 radical (unpaired) electrons. The highest BCUT2D eigenvalue weighted by Gasteiger charge is 2.29. The molecule has 1 amide bonds. The van der Waals surface area contributed by atoms with E-state index in [1.165, 1.54) is 17.4 Å². The lowest BCUT2D eigenvalue weighted by Crippen LogP contribution is -2.48. The highest BCUT2D eigenvalue weighted by atomic mass is 32.1. The molecule has 1 aromatic carbocycles. The molecule has 0 spiro atoms. The second kappa shape index (κ2) is 6.72. The fourth-order valence-electron chi connectivity index (χ4n) is 2.40. The lowest BCUT2D eigenvalue weighted by molar-refractivity contribution is -0.121. The van der Waals surface area contributed by atoms with E-state index in [-0.39, 0.29) is 11.8 Å². The maximum atomic E-state index is 13.2. The molecule has 3 rings (SSSR count).